The second-order valence-corrected chi connectivity index (χ2v) is 11.8. The second-order valence-electron chi connectivity index (χ2n) is 10.4. The standard InChI is InChI=1S/3C8H15O.Al/c3*1-3-8(4-2)5-7(9)6-8;/h3*7H,3-6H2,1-2H3;/q3*-1;+3. The van der Waals surface area contributed by atoms with Crippen molar-refractivity contribution < 1.29 is 11.4 Å². The van der Waals surface area contributed by atoms with Gasteiger partial charge in [0, 0.05) is 18.3 Å². The van der Waals surface area contributed by atoms with Crippen LogP contribution in [0, 0.1) is 16.2 Å². The SMILES string of the molecule is CCC1(CC)CC([O][Al]([O]C2CC(CC)(CC)C2)[O]C2CC(CC)(CC)C2)C1. The third-order valence-electron chi connectivity index (χ3n) is 9.37. The summed E-state index contributed by atoms with van der Waals surface area (Å²) in [4.78, 5) is 0. The zero-order valence-electron chi connectivity index (χ0n) is 19.5. The van der Waals surface area contributed by atoms with Gasteiger partial charge in [-0.25, -0.2) is 0 Å². The molecular formula is C24H45AlO3. The fourth-order valence-electron chi connectivity index (χ4n) is 6.06. The molecule has 0 aromatic heterocycles. The molecule has 3 fully saturated rings. The number of rotatable bonds is 12. The van der Waals surface area contributed by atoms with Gasteiger partial charge in [0.1, 0.15) is 0 Å². The fraction of sp³-hybridized carbons (Fsp3) is 1.00. The summed E-state index contributed by atoms with van der Waals surface area (Å²) in [6, 6.07) is 0. The molecular weight excluding hydrogens is 363 g/mol. The molecule has 4 heteroatoms. The number of hydrogen-bond donors (Lipinski definition) is 0. The largest absolute Gasteiger partial charge is 0.906 e. The van der Waals surface area contributed by atoms with Crippen LogP contribution in [0.15, 0.2) is 0 Å². The molecule has 0 unspecified atom stereocenters. The zero-order valence-corrected chi connectivity index (χ0v) is 20.7. The minimum absolute atomic E-state index is 0.376. The van der Waals surface area contributed by atoms with Crippen molar-refractivity contribution in [3.63, 3.8) is 0 Å². The summed E-state index contributed by atoms with van der Waals surface area (Å²) < 4.78 is 19.6. The van der Waals surface area contributed by atoms with Gasteiger partial charge in [0.2, 0.25) is 0 Å². The average molecular weight is 409 g/mol. The van der Waals surface area contributed by atoms with Crippen molar-refractivity contribution in [3.05, 3.63) is 0 Å². The van der Waals surface area contributed by atoms with Crippen LogP contribution in [-0.2, 0) is 11.4 Å². The van der Waals surface area contributed by atoms with Gasteiger partial charge < -0.3 is 11.4 Å². The monoisotopic (exact) mass is 408 g/mol. The van der Waals surface area contributed by atoms with E-state index in [4.69, 9.17) is 11.4 Å². The van der Waals surface area contributed by atoms with Gasteiger partial charge >= 0.3 is 15.1 Å². The van der Waals surface area contributed by atoms with E-state index in [0.29, 0.717) is 34.6 Å². The van der Waals surface area contributed by atoms with Gasteiger partial charge in [-0.05, 0) is 54.8 Å². The van der Waals surface area contributed by atoms with Crippen LogP contribution >= 0.6 is 0 Å². The van der Waals surface area contributed by atoms with Gasteiger partial charge in [-0.2, -0.15) is 0 Å². The highest BCUT2D eigenvalue weighted by atomic mass is 27.3. The summed E-state index contributed by atoms with van der Waals surface area (Å²) in [6.45, 7) is 14.0. The molecule has 0 spiro atoms. The van der Waals surface area contributed by atoms with Crippen molar-refractivity contribution in [2.75, 3.05) is 0 Å². The minimum atomic E-state index is -2.05. The molecule has 28 heavy (non-hydrogen) atoms. The lowest BCUT2D eigenvalue weighted by atomic mass is 9.63. The van der Waals surface area contributed by atoms with Gasteiger partial charge in [-0.1, -0.05) is 80.1 Å². The molecule has 162 valence electrons. The van der Waals surface area contributed by atoms with E-state index in [0.717, 1.165) is 0 Å². The van der Waals surface area contributed by atoms with E-state index in [1.165, 1.54) is 77.0 Å². The van der Waals surface area contributed by atoms with E-state index in [-0.39, 0.29) is 0 Å². The Morgan fingerprint density at radius 1 is 0.500 bits per heavy atom. The van der Waals surface area contributed by atoms with Crippen molar-refractivity contribution >= 4 is 15.1 Å². The van der Waals surface area contributed by atoms with Gasteiger partial charge in [0.15, 0.2) is 0 Å². The van der Waals surface area contributed by atoms with Gasteiger partial charge in [-0.3, -0.25) is 0 Å². The normalized spacial score (nSPS) is 26.4. The highest BCUT2D eigenvalue weighted by molar-refractivity contribution is 6.36. The van der Waals surface area contributed by atoms with Crippen molar-refractivity contribution in [1.29, 1.82) is 0 Å². The molecule has 0 aliphatic heterocycles. The molecule has 3 aliphatic rings. The zero-order chi connectivity index (χ0) is 20.4. The Morgan fingerprint density at radius 3 is 0.893 bits per heavy atom. The first-order chi connectivity index (χ1) is 13.4. The Bertz CT molecular complexity index is 401. The molecule has 0 aromatic rings. The molecule has 0 N–H and O–H groups in total. The molecule has 0 saturated heterocycles. The molecule has 3 aliphatic carbocycles. The molecule has 3 rings (SSSR count). The quantitative estimate of drug-likeness (QED) is 0.328. The van der Waals surface area contributed by atoms with Crippen LogP contribution in [0.5, 0.6) is 0 Å². The summed E-state index contributed by atoms with van der Waals surface area (Å²) in [7, 11) is 0. The van der Waals surface area contributed by atoms with Crippen molar-refractivity contribution in [1.82, 2.24) is 0 Å². The van der Waals surface area contributed by atoms with Crippen molar-refractivity contribution in [2.24, 2.45) is 16.2 Å². The smallest absolute Gasteiger partial charge is 0.452 e. The van der Waals surface area contributed by atoms with E-state index in [1.807, 2.05) is 0 Å². The first-order valence-electron chi connectivity index (χ1n) is 12.3. The van der Waals surface area contributed by atoms with E-state index in [1.54, 1.807) is 0 Å². The maximum Gasteiger partial charge on any atom is 0.906 e. The Labute approximate surface area is 179 Å². The lowest BCUT2D eigenvalue weighted by molar-refractivity contribution is -0.118. The third-order valence-corrected chi connectivity index (χ3v) is 11.2. The summed E-state index contributed by atoms with van der Waals surface area (Å²) in [5.74, 6) is 0. The molecule has 0 aromatic carbocycles. The second kappa shape index (κ2) is 9.27. The summed E-state index contributed by atoms with van der Waals surface area (Å²) in [6.07, 6.45) is 16.0. The van der Waals surface area contributed by atoms with E-state index in [2.05, 4.69) is 41.5 Å². The lowest BCUT2D eigenvalue weighted by Crippen LogP contribution is -2.52. The molecule has 0 radical (unpaired) electrons. The minimum Gasteiger partial charge on any atom is -0.452 e. The van der Waals surface area contributed by atoms with Crippen LogP contribution in [0.3, 0.4) is 0 Å². The highest BCUT2D eigenvalue weighted by Crippen LogP contribution is 2.52. The Hall–Kier alpha value is 0.412. The molecule has 0 amide bonds. The highest BCUT2D eigenvalue weighted by Gasteiger charge is 2.52. The molecule has 0 heterocycles. The van der Waals surface area contributed by atoms with Crippen LogP contribution < -0.4 is 0 Å². The summed E-state index contributed by atoms with van der Waals surface area (Å²) in [5, 5.41) is 0. The fourth-order valence-corrected chi connectivity index (χ4v) is 7.77. The number of hydrogen-bond acceptors (Lipinski definition) is 3. The summed E-state index contributed by atoms with van der Waals surface area (Å²) >= 11 is -2.05. The maximum atomic E-state index is 6.52. The van der Waals surface area contributed by atoms with Gasteiger partial charge in [-0.15, -0.1) is 0 Å². The Balaban J connectivity index is 1.52. The van der Waals surface area contributed by atoms with Crippen molar-refractivity contribution in [3.8, 4) is 0 Å². The maximum absolute atomic E-state index is 6.52. The molecule has 3 saturated carbocycles. The molecule has 3 nitrogen and oxygen atoms in total. The first kappa shape index (κ1) is 23.1. The van der Waals surface area contributed by atoms with E-state index in [9.17, 15) is 0 Å². The Kier molecular flexibility index (Phi) is 7.64. The van der Waals surface area contributed by atoms with E-state index >= 15 is 0 Å². The van der Waals surface area contributed by atoms with Crippen LogP contribution in [0.25, 0.3) is 0 Å². The molecule has 0 atom stereocenters. The van der Waals surface area contributed by atoms with Gasteiger partial charge in [0.25, 0.3) is 0 Å². The molecule has 0 bridgehead atoms. The van der Waals surface area contributed by atoms with Crippen LogP contribution in [0.4, 0.5) is 0 Å². The summed E-state index contributed by atoms with van der Waals surface area (Å²) in [5.41, 5.74) is 1.57. The predicted molar refractivity (Wildman–Crippen MR) is 117 cm³/mol. The predicted octanol–water partition coefficient (Wildman–Crippen LogP) is 6.93. The topological polar surface area (TPSA) is 27.7 Å². The first-order valence-corrected chi connectivity index (χ1v) is 13.8. The van der Waals surface area contributed by atoms with Crippen LogP contribution in [0.2, 0.25) is 0 Å². The average Bonchev–Trinajstić information content (AvgIpc) is 2.62. The van der Waals surface area contributed by atoms with Crippen molar-refractivity contribution in [2.45, 2.75) is 137 Å². The van der Waals surface area contributed by atoms with E-state index < -0.39 is 15.1 Å². The van der Waals surface area contributed by atoms with Crippen LogP contribution in [0.1, 0.15) is 119 Å². The van der Waals surface area contributed by atoms with Gasteiger partial charge in [0.05, 0.1) is 0 Å². The lowest BCUT2D eigenvalue weighted by Gasteiger charge is -2.51. The van der Waals surface area contributed by atoms with Crippen LogP contribution in [-0.4, -0.2) is 33.5 Å². The Morgan fingerprint density at radius 2 is 0.714 bits per heavy atom. The third kappa shape index (κ3) is 4.67.